The van der Waals surface area contributed by atoms with Crippen LogP contribution in [0.3, 0.4) is 0 Å². The summed E-state index contributed by atoms with van der Waals surface area (Å²) in [6.07, 6.45) is 1.22. The number of nitrogens with zero attached hydrogens (tertiary/aromatic N) is 2. The summed E-state index contributed by atoms with van der Waals surface area (Å²) in [6, 6.07) is 6.82. The molecule has 3 rings (SSSR count). The van der Waals surface area contributed by atoms with Crippen LogP contribution < -0.4 is 10.9 Å². The third kappa shape index (κ3) is 4.32. The number of hydrogen-bond acceptors (Lipinski definition) is 6. The zero-order valence-corrected chi connectivity index (χ0v) is 16.9. The lowest BCUT2D eigenvalue weighted by Gasteiger charge is -2.15. The first kappa shape index (κ1) is 20.6. The van der Waals surface area contributed by atoms with Gasteiger partial charge in [-0.3, -0.25) is 14.2 Å². The van der Waals surface area contributed by atoms with Gasteiger partial charge >= 0.3 is 5.97 Å². The molecule has 1 amide bonds. The molecule has 1 aromatic carbocycles. The van der Waals surface area contributed by atoms with Crippen molar-refractivity contribution in [1.82, 2.24) is 14.9 Å². The third-order valence-electron chi connectivity index (χ3n) is 4.40. The van der Waals surface area contributed by atoms with Crippen molar-refractivity contribution >= 4 is 34.6 Å². The molecule has 0 aliphatic heterocycles. The highest BCUT2D eigenvalue weighted by Crippen LogP contribution is 2.22. The van der Waals surface area contributed by atoms with E-state index in [0.717, 1.165) is 10.1 Å². The zero-order valence-electron chi connectivity index (χ0n) is 16.2. The van der Waals surface area contributed by atoms with E-state index in [-0.39, 0.29) is 47.5 Å². The van der Waals surface area contributed by atoms with E-state index in [2.05, 4.69) is 10.3 Å². The molecule has 0 saturated carbocycles. The lowest BCUT2D eigenvalue weighted by atomic mass is 10.1. The number of amides is 1. The van der Waals surface area contributed by atoms with Crippen LogP contribution in [0.1, 0.15) is 41.6 Å². The molecule has 8 nitrogen and oxygen atoms in total. The van der Waals surface area contributed by atoms with Crippen LogP contribution >= 0.6 is 11.6 Å². The summed E-state index contributed by atoms with van der Waals surface area (Å²) in [6.45, 7) is 4.94. The van der Waals surface area contributed by atoms with Crippen LogP contribution in [0.2, 0.25) is 5.02 Å². The number of nitrogens with one attached hydrogen (secondary N) is 1. The first-order chi connectivity index (χ1) is 13.8. The van der Waals surface area contributed by atoms with Crippen molar-refractivity contribution in [3.05, 3.63) is 62.9 Å². The number of aromatic nitrogens is 2. The topological polar surface area (TPSA) is 103 Å². The van der Waals surface area contributed by atoms with E-state index in [1.54, 1.807) is 26.0 Å². The van der Waals surface area contributed by atoms with Crippen LogP contribution in [-0.4, -0.2) is 28.0 Å². The quantitative estimate of drug-likeness (QED) is 0.618. The Morgan fingerprint density at radius 3 is 2.66 bits per heavy atom. The zero-order chi connectivity index (χ0) is 21.1. The van der Waals surface area contributed by atoms with Crippen molar-refractivity contribution in [3.8, 4) is 0 Å². The molecular formula is C20H20ClN3O5. The maximum Gasteiger partial charge on any atom is 0.342 e. The van der Waals surface area contributed by atoms with Crippen LogP contribution in [0, 0.1) is 6.92 Å². The van der Waals surface area contributed by atoms with Gasteiger partial charge in [0.2, 0.25) is 11.6 Å². The van der Waals surface area contributed by atoms with E-state index in [4.69, 9.17) is 20.8 Å². The number of aryl methyl sites for hydroxylation is 1. The standard InChI is InChI=1S/C20H20ClN3O5/c1-4-28-20(27)16-12(3)29-18-17(16)19(26)24(10-22-18)9-15(25)23-11(2)13-5-7-14(21)8-6-13/h5-8,10-11H,4,9H2,1-3H3,(H,23,25)/t11-/m1/s1. The first-order valence-corrected chi connectivity index (χ1v) is 9.40. The van der Waals surface area contributed by atoms with Gasteiger partial charge in [-0.1, -0.05) is 23.7 Å². The summed E-state index contributed by atoms with van der Waals surface area (Å²) in [4.78, 5) is 41.6. The van der Waals surface area contributed by atoms with Gasteiger partial charge in [-0.05, 0) is 38.5 Å². The highest BCUT2D eigenvalue weighted by molar-refractivity contribution is 6.30. The minimum absolute atomic E-state index is 0.00185. The number of furan rings is 1. The van der Waals surface area contributed by atoms with Gasteiger partial charge in [0.15, 0.2) is 0 Å². The number of carbonyl (C=O) groups is 2. The monoisotopic (exact) mass is 417 g/mol. The number of halogens is 1. The molecule has 0 fully saturated rings. The lowest BCUT2D eigenvalue weighted by Crippen LogP contribution is -2.34. The van der Waals surface area contributed by atoms with Crippen molar-refractivity contribution in [2.24, 2.45) is 0 Å². The lowest BCUT2D eigenvalue weighted by molar-refractivity contribution is -0.122. The van der Waals surface area contributed by atoms with Gasteiger partial charge in [0.05, 0.1) is 12.6 Å². The Morgan fingerprint density at radius 2 is 2.00 bits per heavy atom. The van der Waals surface area contributed by atoms with Crippen LogP contribution in [-0.2, 0) is 16.1 Å². The minimum atomic E-state index is -0.666. The van der Waals surface area contributed by atoms with E-state index in [1.807, 2.05) is 19.1 Å². The molecule has 2 heterocycles. The maximum atomic E-state index is 12.9. The molecule has 3 aromatic rings. The molecule has 0 unspecified atom stereocenters. The summed E-state index contributed by atoms with van der Waals surface area (Å²) >= 11 is 5.88. The number of carbonyl (C=O) groups excluding carboxylic acids is 2. The van der Waals surface area contributed by atoms with E-state index in [9.17, 15) is 14.4 Å². The number of fused-ring (bicyclic) bond motifs is 1. The number of hydrogen-bond donors (Lipinski definition) is 1. The molecule has 0 aliphatic carbocycles. The van der Waals surface area contributed by atoms with Gasteiger partial charge in [0.25, 0.3) is 5.56 Å². The molecule has 29 heavy (non-hydrogen) atoms. The van der Waals surface area contributed by atoms with Gasteiger partial charge in [-0.15, -0.1) is 0 Å². The van der Waals surface area contributed by atoms with Crippen molar-refractivity contribution in [1.29, 1.82) is 0 Å². The Hall–Kier alpha value is -3.13. The average molecular weight is 418 g/mol. The molecule has 0 bridgehead atoms. The first-order valence-electron chi connectivity index (χ1n) is 9.02. The van der Waals surface area contributed by atoms with Crippen molar-refractivity contribution in [2.75, 3.05) is 6.61 Å². The fourth-order valence-electron chi connectivity index (χ4n) is 2.98. The van der Waals surface area contributed by atoms with Crippen LogP contribution in [0.5, 0.6) is 0 Å². The van der Waals surface area contributed by atoms with Gasteiger partial charge in [0, 0.05) is 5.02 Å². The largest absolute Gasteiger partial charge is 0.462 e. The van der Waals surface area contributed by atoms with E-state index in [1.165, 1.54) is 6.33 Å². The number of ether oxygens (including phenoxy) is 1. The summed E-state index contributed by atoms with van der Waals surface area (Å²) in [5.74, 6) is -0.809. The van der Waals surface area contributed by atoms with Gasteiger partial charge < -0.3 is 14.5 Å². The second-order valence-electron chi connectivity index (χ2n) is 6.45. The smallest absolute Gasteiger partial charge is 0.342 e. The second kappa shape index (κ2) is 8.48. The van der Waals surface area contributed by atoms with Crippen molar-refractivity contribution in [3.63, 3.8) is 0 Å². The molecule has 0 radical (unpaired) electrons. The second-order valence-corrected chi connectivity index (χ2v) is 6.89. The Balaban J connectivity index is 1.84. The fraction of sp³-hybridized carbons (Fsp3) is 0.300. The molecule has 2 aromatic heterocycles. The molecule has 1 N–H and O–H groups in total. The molecule has 0 spiro atoms. The summed E-state index contributed by atoms with van der Waals surface area (Å²) in [5, 5.41) is 3.42. The molecular weight excluding hydrogens is 398 g/mol. The van der Waals surface area contributed by atoms with Crippen molar-refractivity contribution < 1.29 is 18.7 Å². The highest BCUT2D eigenvalue weighted by atomic mass is 35.5. The predicted molar refractivity (Wildman–Crippen MR) is 107 cm³/mol. The number of rotatable bonds is 6. The third-order valence-corrected chi connectivity index (χ3v) is 4.65. The van der Waals surface area contributed by atoms with Gasteiger partial charge in [-0.2, -0.15) is 0 Å². The Morgan fingerprint density at radius 1 is 1.31 bits per heavy atom. The minimum Gasteiger partial charge on any atom is -0.462 e. The number of esters is 1. The van der Waals surface area contributed by atoms with Gasteiger partial charge in [0.1, 0.15) is 29.6 Å². The van der Waals surface area contributed by atoms with Crippen LogP contribution in [0.15, 0.2) is 39.8 Å². The van der Waals surface area contributed by atoms with Gasteiger partial charge in [-0.25, -0.2) is 9.78 Å². The molecule has 1 atom stereocenters. The molecule has 0 aliphatic rings. The summed E-state index contributed by atoms with van der Waals surface area (Å²) in [7, 11) is 0. The van der Waals surface area contributed by atoms with Crippen LogP contribution in [0.25, 0.3) is 11.1 Å². The summed E-state index contributed by atoms with van der Waals surface area (Å²) in [5.41, 5.74) is 0.383. The molecule has 152 valence electrons. The van der Waals surface area contributed by atoms with E-state index in [0.29, 0.717) is 5.02 Å². The molecule has 9 heteroatoms. The SMILES string of the molecule is CCOC(=O)c1c(C)oc2ncn(CC(=O)N[C@H](C)c3ccc(Cl)cc3)c(=O)c12. The Kier molecular flexibility index (Phi) is 6.03. The average Bonchev–Trinajstić information content (AvgIpc) is 3.01. The van der Waals surface area contributed by atoms with E-state index < -0.39 is 11.5 Å². The van der Waals surface area contributed by atoms with Crippen molar-refractivity contribution in [2.45, 2.75) is 33.4 Å². The maximum absolute atomic E-state index is 12.9. The van der Waals surface area contributed by atoms with Crippen LogP contribution in [0.4, 0.5) is 0 Å². The summed E-state index contributed by atoms with van der Waals surface area (Å²) < 4.78 is 11.5. The fourth-order valence-corrected chi connectivity index (χ4v) is 3.10. The predicted octanol–water partition coefficient (Wildman–Crippen LogP) is 3.01. The molecule has 0 saturated heterocycles. The van der Waals surface area contributed by atoms with E-state index >= 15 is 0 Å². The normalized spacial score (nSPS) is 12.0. The highest BCUT2D eigenvalue weighted by Gasteiger charge is 2.24. The Labute approximate surface area is 171 Å². The Bertz CT molecular complexity index is 1120. The number of benzene rings is 1.